The molecule has 6 nitrogen and oxygen atoms in total. The van der Waals surface area contributed by atoms with E-state index in [0.717, 1.165) is 6.08 Å². The molecule has 0 aromatic carbocycles. The summed E-state index contributed by atoms with van der Waals surface area (Å²) in [6.45, 7) is 1.38. The smallest absolute Gasteiger partial charge is 0.328 e. The lowest BCUT2D eigenvalue weighted by molar-refractivity contribution is -0.131. The molecule has 0 unspecified atom stereocenters. The Morgan fingerprint density at radius 3 is 2.50 bits per heavy atom. The van der Waals surface area contributed by atoms with Crippen LogP contribution in [-0.2, 0) is 15.6 Å². The first kappa shape index (κ1) is 12.7. The van der Waals surface area contributed by atoms with E-state index in [1.54, 1.807) is 12.4 Å². The first-order valence-electron chi connectivity index (χ1n) is 5.48. The summed E-state index contributed by atoms with van der Waals surface area (Å²) in [5.41, 5.74) is 0.640. The minimum Gasteiger partial charge on any atom is -0.478 e. The summed E-state index contributed by atoms with van der Waals surface area (Å²) in [4.78, 5) is 20.7. The van der Waals surface area contributed by atoms with Crippen molar-refractivity contribution in [3.05, 3.63) is 24.0 Å². The van der Waals surface area contributed by atoms with Crippen LogP contribution < -0.4 is 4.90 Å². The summed E-state index contributed by atoms with van der Waals surface area (Å²) in [7, 11) is -0.721. The van der Waals surface area contributed by atoms with Crippen molar-refractivity contribution < 1.29 is 14.1 Å². The molecule has 7 heteroatoms. The van der Waals surface area contributed by atoms with Gasteiger partial charge in [-0.1, -0.05) is 0 Å². The van der Waals surface area contributed by atoms with Gasteiger partial charge in [-0.15, -0.1) is 0 Å². The van der Waals surface area contributed by atoms with Crippen molar-refractivity contribution in [3.63, 3.8) is 0 Å². The lowest BCUT2D eigenvalue weighted by Crippen LogP contribution is -2.38. The topological polar surface area (TPSA) is 83.4 Å². The monoisotopic (exact) mass is 267 g/mol. The molecule has 0 saturated carbocycles. The molecule has 0 radical (unpaired) electrons. The minimum absolute atomic E-state index is 0.596. The lowest BCUT2D eigenvalue weighted by Gasteiger charge is -2.25. The molecule has 0 atom stereocenters. The van der Waals surface area contributed by atoms with E-state index in [-0.39, 0.29) is 0 Å². The number of aromatic nitrogens is 2. The fourth-order valence-corrected chi connectivity index (χ4v) is 2.64. The zero-order chi connectivity index (χ0) is 13.0. The number of carboxylic acid groups (broad SMARTS) is 1. The predicted molar refractivity (Wildman–Crippen MR) is 68.8 cm³/mol. The number of anilines is 1. The van der Waals surface area contributed by atoms with Gasteiger partial charge < -0.3 is 10.0 Å². The summed E-state index contributed by atoms with van der Waals surface area (Å²) in [5, 5.41) is 8.49. The molecule has 1 aliphatic rings. The maximum atomic E-state index is 11.2. The van der Waals surface area contributed by atoms with E-state index in [1.807, 2.05) is 4.90 Å². The standard InChI is InChI=1S/C11H13N3O3S/c15-10(16)2-1-9-7-12-11(13-8-9)14-3-5-18(17)6-4-14/h1-2,7-8H,3-6H2,(H,15,16)/b2-1+. The van der Waals surface area contributed by atoms with Gasteiger partial charge in [-0.3, -0.25) is 4.21 Å². The second-order valence-corrected chi connectivity index (χ2v) is 5.52. The van der Waals surface area contributed by atoms with E-state index in [0.29, 0.717) is 36.1 Å². The van der Waals surface area contributed by atoms with Crippen molar-refractivity contribution in [1.82, 2.24) is 9.97 Å². The van der Waals surface area contributed by atoms with Crippen LogP contribution in [0.1, 0.15) is 5.56 Å². The minimum atomic E-state index is -1.00. The van der Waals surface area contributed by atoms with Crippen molar-refractivity contribution in [2.24, 2.45) is 0 Å². The molecule has 1 aliphatic heterocycles. The maximum Gasteiger partial charge on any atom is 0.328 e. The van der Waals surface area contributed by atoms with E-state index in [1.165, 1.54) is 6.08 Å². The third-order valence-corrected chi connectivity index (χ3v) is 3.81. The number of aliphatic carboxylic acids is 1. The molecule has 1 aromatic rings. The Bertz CT molecular complexity index is 477. The van der Waals surface area contributed by atoms with Crippen molar-refractivity contribution in [3.8, 4) is 0 Å². The van der Waals surface area contributed by atoms with Gasteiger partial charge in [0.25, 0.3) is 0 Å². The third-order valence-electron chi connectivity index (χ3n) is 2.54. The van der Waals surface area contributed by atoms with E-state index >= 15 is 0 Å². The Hall–Kier alpha value is -1.76. The highest BCUT2D eigenvalue weighted by Crippen LogP contribution is 2.10. The quantitative estimate of drug-likeness (QED) is 0.784. The van der Waals surface area contributed by atoms with Crippen molar-refractivity contribution in [1.29, 1.82) is 0 Å². The van der Waals surface area contributed by atoms with Crippen LogP contribution in [0.3, 0.4) is 0 Å². The van der Waals surface area contributed by atoms with Crippen LogP contribution in [0.5, 0.6) is 0 Å². The van der Waals surface area contributed by atoms with Crippen LogP contribution in [0.4, 0.5) is 5.95 Å². The number of hydrogen-bond acceptors (Lipinski definition) is 5. The molecule has 18 heavy (non-hydrogen) atoms. The van der Waals surface area contributed by atoms with Crippen LogP contribution in [0, 0.1) is 0 Å². The molecule has 2 heterocycles. The molecular formula is C11H13N3O3S. The molecule has 1 N–H and O–H groups in total. The number of carboxylic acids is 1. The number of carbonyl (C=O) groups is 1. The second kappa shape index (κ2) is 5.72. The van der Waals surface area contributed by atoms with Gasteiger partial charge in [-0.05, 0) is 6.08 Å². The maximum absolute atomic E-state index is 11.2. The van der Waals surface area contributed by atoms with E-state index in [9.17, 15) is 9.00 Å². The largest absolute Gasteiger partial charge is 0.478 e. The molecule has 1 saturated heterocycles. The van der Waals surface area contributed by atoms with Crippen LogP contribution in [0.25, 0.3) is 6.08 Å². The van der Waals surface area contributed by atoms with Gasteiger partial charge in [0.2, 0.25) is 5.95 Å². The van der Waals surface area contributed by atoms with Gasteiger partial charge in [0, 0.05) is 59.4 Å². The fourth-order valence-electron chi connectivity index (χ4n) is 1.59. The van der Waals surface area contributed by atoms with Crippen molar-refractivity contribution in [2.75, 3.05) is 29.5 Å². The molecule has 0 spiro atoms. The van der Waals surface area contributed by atoms with E-state index in [2.05, 4.69) is 9.97 Å². The van der Waals surface area contributed by atoms with Gasteiger partial charge in [0.05, 0.1) is 0 Å². The van der Waals surface area contributed by atoms with Crippen LogP contribution in [0.15, 0.2) is 18.5 Å². The highest BCUT2D eigenvalue weighted by atomic mass is 32.2. The first-order valence-corrected chi connectivity index (χ1v) is 6.97. The molecule has 96 valence electrons. The van der Waals surface area contributed by atoms with Crippen LogP contribution in [-0.4, -0.2) is 49.8 Å². The molecule has 1 fully saturated rings. The van der Waals surface area contributed by atoms with E-state index in [4.69, 9.17) is 5.11 Å². The van der Waals surface area contributed by atoms with Crippen molar-refractivity contribution in [2.45, 2.75) is 0 Å². The zero-order valence-electron chi connectivity index (χ0n) is 9.65. The SMILES string of the molecule is O=C(O)/C=C/c1cnc(N2CCS(=O)CC2)nc1. The Morgan fingerprint density at radius 1 is 1.33 bits per heavy atom. The summed E-state index contributed by atoms with van der Waals surface area (Å²) in [6.07, 6.45) is 5.64. The van der Waals surface area contributed by atoms with Gasteiger partial charge in [0.1, 0.15) is 0 Å². The number of rotatable bonds is 3. The van der Waals surface area contributed by atoms with Crippen LogP contribution in [0.2, 0.25) is 0 Å². The summed E-state index contributed by atoms with van der Waals surface area (Å²) < 4.78 is 11.2. The van der Waals surface area contributed by atoms with Crippen molar-refractivity contribution >= 4 is 28.8 Å². The lowest BCUT2D eigenvalue weighted by atomic mass is 10.3. The Morgan fingerprint density at radius 2 is 1.94 bits per heavy atom. The van der Waals surface area contributed by atoms with Crippen LogP contribution >= 0.6 is 0 Å². The zero-order valence-corrected chi connectivity index (χ0v) is 10.5. The molecule has 0 amide bonds. The molecule has 0 aliphatic carbocycles. The first-order chi connectivity index (χ1) is 8.65. The Balaban J connectivity index is 2.03. The second-order valence-electron chi connectivity index (χ2n) is 3.82. The molecule has 2 rings (SSSR count). The number of hydrogen-bond donors (Lipinski definition) is 1. The number of nitrogens with zero attached hydrogens (tertiary/aromatic N) is 3. The summed E-state index contributed by atoms with van der Waals surface area (Å²) >= 11 is 0. The third kappa shape index (κ3) is 3.36. The molecular weight excluding hydrogens is 254 g/mol. The highest BCUT2D eigenvalue weighted by Gasteiger charge is 2.16. The average Bonchev–Trinajstić information content (AvgIpc) is 2.38. The fraction of sp³-hybridized carbons (Fsp3) is 0.364. The Kier molecular flexibility index (Phi) is 4.03. The summed E-state index contributed by atoms with van der Waals surface area (Å²) in [6, 6.07) is 0. The van der Waals surface area contributed by atoms with E-state index < -0.39 is 16.8 Å². The molecule has 0 bridgehead atoms. The van der Waals surface area contributed by atoms with Gasteiger partial charge >= 0.3 is 5.97 Å². The van der Waals surface area contributed by atoms with Gasteiger partial charge in [-0.25, -0.2) is 14.8 Å². The Labute approximate surface area is 107 Å². The van der Waals surface area contributed by atoms with Gasteiger partial charge in [-0.2, -0.15) is 0 Å². The molecule has 1 aromatic heterocycles. The normalized spacial score (nSPS) is 17.2. The average molecular weight is 267 g/mol. The predicted octanol–water partition coefficient (Wildman–Crippen LogP) is 0.143. The summed E-state index contributed by atoms with van der Waals surface area (Å²) in [5.74, 6) is 0.880. The highest BCUT2D eigenvalue weighted by molar-refractivity contribution is 7.85. The van der Waals surface area contributed by atoms with Gasteiger partial charge in [0.15, 0.2) is 0 Å².